The van der Waals surface area contributed by atoms with Crippen LogP contribution in [0.15, 0.2) is 24.4 Å². The number of hydrogen-bond acceptors (Lipinski definition) is 3. The van der Waals surface area contributed by atoms with Crippen molar-refractivity contribution in [1.29, 1.82) is 0 Å². The van der Waals surface area contributed by atoms with Gasteiger partial charge in [0, 0.05) is 26.3 Å². The molecule has 0 amide bonds. The third-order valence-corrected chi connectivity index (χ3v) is 2.70. The summed E-state index contributed by atoms with van der Waals surface area (Å²) >= 11 is 0. The van der Waals surface area contributed by atoms with E-state index in [4.69, 9.17) is 9.84 Å². The number of benzene rings is 1. The average Bonchev–Trinajstić information content (AvgIpc) is 2.70. The van der Waals surface area contributed by atoms with Gasteiger partial charge in [-0.3, -0.25) is 0 Å². The van der Waals surface area contributed by atoms with E-state index in [2.05, 4.69) is 4.98 Å². The molecule has 5 heteroatoms. The van der Waals surface area contributed by atoms with E-state index in [0.29, 0.717) is 23.6 Å². The number of methoxy groups -OCH3 is 1. The summed E-state index contributed by atoms with van der Waals surface area (Å²) in [4.78, 5) is 4.38. The fourth-order valence-corrected chi connectivity index (χ4v) is 1.87. The van der Waals surface area contributed by atoms with Crippen LogP contribution in [0.25, 0.3) is 11.4 Å². The van der Waals surface area contributed by atoms with E-state index in [-0.39, 0.29) is 12.4 Å². The van der Waals surface area contributed by atoms with Crippen LogP contribution in [0.2, 0.25) is 0 Å². The summed E-state index contributed by atoms with van der Waals surface area (Å²) in [5, 5.41) is 8.90. The van der Waals surface area contributed by atoms with Crippen LogP contribution in [-0.4, -0.2) is 28.4 Å². The maximum Gasteiger partial charge on any atom is 0.143 e. The minimum atomic E-state index is -0.336. The van der Waals surface area contributed by atoms with Gasteiger partial charge in [-0.05, 0) is 18.2 Å². The Morgan fingerprint density at radius 1 is 1.44 bits per heavy atom. The smallest absolute Gasteiger partial charge is 0.143 e. The lowest BCUT2D eigenvalue weighted by molar-refractivity contribution is 0.298. The van der Waals surface area contributed by atoms with Crippen molar-refractivity contribution in [1.82, 2.24) is 9.55 Å². The summed E-state index contributed by atoms with van der Waals surface area (Å²) in [6.45, 7) is 0.0384. The Hall–Kier alpha value is -1.88. The Labute approximate surface area is 105 Å². The van der Waals surface area contributed by atoms with Crippen LogP contribution in [0.4, 0.5) is 4.39 Å². The van der Waals surface area contributed by atoms with Crippen LogP contribution < -0.4 is 4.74 Å². The van der Waals surface area contributed by atoms with Crippen LogP contribution in [-0.2, 0) is 13.5 Å². The Balaban J connectivity index is 2.50. The second-order valence-electron chi connectivity index (χ2n) is 3.98. The number of aliphatic hydroxyl groups is 1. The molecule has 0 radical (unpaired) electrons. The minimum Gasteiger partial charge on any atom is -0.496 e. The lowest BCUT2D eigenvalue weighted by Gasteiger charge is -2.08. The van der Waals surface area contributed by atoms with Crippen LogP contribution in [0.3, 0.4) is 0 Å². The average molecular weight is 250 g/mol. The van der Waals surface area contributed by atoms with E-state index in [1.54, 1.807) is 10.6 Å². The SMILES string of the molecule is COc1ccc(F)cc1-c1nc(CCO)cn1C. The highest BCUT2D eigenvalue weighted by Crippen LogP contribution is 2.29. The Morgan fingerprint density at radius 2 is 2.22 bits per heavy atom. The molecule has 1 N–H and O–H groups in total. The van der Waals surface area contributed by atoms with Gasteiger partial charge in [-0.15, -0.1) is 0 Å². The van der Waals surface area contributed by atoms with Crippen molar-refractivity contribution in [3.63, 3.8) is 0 Å². The molecule has 0 unspecified atom stereocenters. The lowest BCUT2D eigenvalue weighted by Crippen LogP contribution is -1.95. The molecule has 96 valence electrons. The van der Waals surface area contributed by atoms with Gasteiger partial charge in [-0.1, -0.05) is 0 Å². The standard InChI is InChI=1S/C13H15FN2O2/c1-16-8-10(5-6-17)15-13(16)11-7-9(14)3-4-12(11)18-2/h3-4,7-8,17H,5-6H2,1-2H3. The first kappa shape index (κ1) is 12.6. The third-order valence-electron chi connectivity index (χ3n) is 2.70. The van der Waals surface area contributed by atoms with Gasteiger partial charge in [-0.25, -0.2) is 9.37 Å². The number of ether oxygens (including phenoxy) is 1. The molecule has 1 aromatic carbocycles. The van der Waals surface area contributed by atoms with Crippen molar-refractivity contribution < 1.29 is 14.2 Å². The van der Waals surface area contributed by atoms with Gasteiger partial charge in [-0.2, -0.15) is 0 Å². The zero-order valence-corrected chi connectivity index (χ0v) is 10.4. The first-order chi connectivity index (χ1) is 8.65. The van der Waals surface area contributed by atoms with Crippen LogP contribution in [0, 0.1) is 5.82 Å². The number of aromatic nitrogens is 2. The van der Waals surface area contributed by atoms with Gasteiger partial charge in [0.1, 0.15) is 17.4 Å². The molecule has 2 rings (SSSR count). The number of imidazole rings is 1. The van der Waals surface area contributed by atoms with E-state index in [0.717, 1.165) is 5.69 Å². The summed E-state index contributed by atoms with van der Waals surface area (Å²) in [6, 6.07) is 4.31. The molecular formula is C13H15FN2O2. The quantitative estimate of drug-likeness (QED) is 0.899. The van der Waals surface area contributed by atoms with Gasteiger partial charge in [0.2, 0.25) is 0 Å². The van der Waals surface area contributed by atoms with Crippen molar-refractivity contribution in [2.45, 2.75) is 6.42 Å². The van der Waals surface area contributed by atoms with Gasteiger partial charge in [0.15, 0.2) is 0 Å². The molecule has 0 aliphatic carbocycles. The molecule has 0 saturated carbocycles. The lowest BCUT2D eigenvalue weighted by atomic mass is 10.2. The molecule has 0 atom stereocenters. The second-order valence-corrected chi connectivity index (χ2v) is 3.98. The number of aryl methyl sites for hydroxylation is 1. The number of halogens is 1. The highest BCUT2D eigenvalue weighted by atomic mass is 19.1. The molecule has 0 aliphatic rings. The zero-order chi connectivity index (χ0) is 13.1. The van der Waals surface area contributed by atoms with Crippen LogP contribution in [0.1, 0.15) is 5.69 Å². The normalized spacial score (nSPS) is 10.7. The first-order valence-electron chi connectivity index (χ1n) is 5.62. The molecule has 1 aromatic heterocycles. The zero-order valence-electron chi connectivity index (χ0n) is 10.4. The van der Waals surface area contributed by atoms with Gasteiger partial charge < -0.3 is 14.4 Å². The highest BCUT2D eigenvalue weighted by molar-refractivity contribution is 5.65. The Morgan fingerprint density at radius 3 is 2.89 bits per heavy atom. The number of hydrogen-bond donors (Lipinski definition) is 1. The van der Waals surface area contributed by atoms with Crippen molar-refractivity contribution in [3.05, 3.63) is 35.9 Å². The first-order valence-corrected chi connectivity index (χ1v) is 5.62. The van der Waals surface area contributed by atoms with E-state index in [9.17, 15) is 4.39 Å². The van der Waals surface area contributed by atoms with E-state index in [1.165, 1.54) is 19.2 Å². The van der Waals surface area contributed by atoms with E-state index < -0.39 is 0 Å². The molecule has 0 bridgehead atoms. The summed E-state index contributed by atoms with van der Waals surface area (Å²) in [7, 11) is 3.36. The summed E-state index contributed by atoms with van der Waals surface area (Å²) < 4.78 is 20.3. The molecular weight excluding hydrogens is 235 g/mol. The highest BCUT2D eigenvalue weighted by Gasteiger charge is 2.13. The molecule has 0 aliphatic heterocycles. The largest absolute Gasteiger partial charge is 0.496 e. The minimum absolute atomic E-state index is 0.0384. The van der Waals surface area contributed by atoms with Crippen LogP contribution in [0.5, 0.6) is 5.75 Å². The van der Waals surface area contributed by atoms with Gasteiger partial charge >= 0.3 is 0 Å². The fraction of sp³-hybridized carbons (Fsp3) is 0.308. The topological polar surface area (TPSA) is 47.3 Å². The predicted octanol–water partition coefficient (Wildman–Crippen LogP) is 1.77. The van der Waals surface area contributed by atoms with Crippen molar-refractivity contribution in [2.24, 2.45) is 7.05 Å². The Kier molecular flexibility index (Phi) is 3.62. The predicted molar refractivity (Wildman–Crippen MR) is 65.9 cm³/mol. The number of aliphatic hydroxyl groups excluding tert-OH is 1. The second kappa shape index (κ2) is 5.18. The molecule has 0 saturated heterocycles. The van der Waals surface area contributed by atoms with Gasteiger partial charge in [0.25, 0.3) is 0 Å². The third kappa shape index (κ3) is 2.36. The summed E-state index contributed by atoms with van der Waals surface area (Å²) in [5.41, 5.74) is 1.37. The summed E-state index contributed by atoms with van der Waals surface area (Å²) in [6.07, 6.45) is 2.29. The molecule has 2 aromatic rings. The number of rotatable bonds is 4. The molecule has 1 heterocycles. The van der Waals surface area contributed by atoms with Crippen LogP contribution >= 0.6 is 0 Å². The van der Waals surface area contributed by atoms with E-state index in [1.807, 2.05) is 13.2 Å². The maximum absolute atomic E-state index is 13.3. The molecule has 0 spiro atoms. The van der Waals surface area contributed by atoms with Crippen molar-refractivity contribution in [2.75, 3.05) is 13.7 Å². The Bertz CT molecular complexity index is 552. The molecule has 4 nitrogen and oxygen atoms in total. The monoisotopic (exact) mass is 250 g/mol. The van der Waals surface area contributed by atoms with E-state index >= 15 is 0 Å². The van der Waals surface area contributed by atoms with Gasteiger partial charge in [0.05, 0.1) is 18.4 Å². The van der Waals surface area contributed by atoms with Crippen molar-refractivity contribution in [3.8, 4) is 17.1 Å². The fourth-order valence-electron chi connectivity index (χ4n) is 1.87. The molecule has 18 heavy (non-hydrogen) atoms. The number of nitrogens with zero attached hydrogens (tertiary/aromatic N) is 2. The summed E-state index contributed by atoms with van der Waals surface area (Å²) in [5.74, 6) is 0.855. The maximum atomic E-state index is 13.3. The molecule has 0 fully saturated rings. The van der Waals surface area contributed by atoms with Crippen molar-refractivity contribution >= 4 is 0 Å².